The van der Waals surface area contributed by atoms with E-state index in [9.17, 15) is 9.59 Å². The summed E-state index contributed by atoms with van der Waals surface area (Å²) in [6, 6.07) is 11.2. The molecule has 1 fully saturated rings. The van der Waals surface area contributed by atoms with E-state index in [1.54, 1.807) is 27.0 Å². The maximum Gasteiger partial charge on any atom is 0.339 e. The molecule has 32 heavy (non-hydrogen) atoms. The van der Waals surface area contributed by atoms with Crippen molar-refractivity contribution in [3.63, 3.8) is 0 Å². The smallest absolute Gasteiger partial charge is 0.339 e. The number of aromatic nitrogens is 1. The molecule has 1 aliphatic rings. The fourth-order valence-corrected chi connectivity index (χ4v) is 3.59. The number of ether oxygens (including phenoxy) is 3. The van der Waals surface area contributed by atoms with E-state index in [1.165, 1.54) is 6.20 Å². The Bertz CT molecular complexity index is 903. The van der Waals surface area contributed by atoms with Gasteiger partial charge in [-0.25, -0.2) is 9.78 Å². The SMILES string of the molecule is CCOC(=O)c1ccc(N2CCCN(C(=O)C(C)OCc3cccc(OC)c3)CC2)nc1. The molecule has 1 unspecified atom stereocenters. The monoisotopic (exact) mass is 441 g/mol. The summed E-state index contributed by atoms with van der Waals surface area (Å²) in [5.74, 6) is 1.17. The van der Waals surface area contributed by atoms with Gasteiger partial charge in [0.05, 0.1) is 25.9 Å². The molecule has 2 heterocycles. The van der Waals surface area contributed by atoms with E-state index in [1.807, 2.05) is 35.2 Å². The number of benzene rings is 1. The molecular formula is C24H31N3O5. The number of hydrogen-bond acceptors (Lipinski definition) is 7. The highest BCUT2D eigenvalue weighted by Crippen LogP contribution is 2.17. The number of hydrogen-bond donors (Lipinski definition) is 0. The molecule has 1 aromatic carbocycles. The van der Waals surface area contributed by atoms with E-state index in [2.05, 4.69) is 9.88 Å². The fraction of sp³-hybridized carbons (Fsp3) is 0.458. The Morgan fingerprint density at radius 2 is 1.97 bits per heavy atom. The summed E-state index contributed by atoms with van der Waals surface area (Å²) in [6.07, 6.45) is 1.83. The summed E-state index contributed by atoms with van der Waals surface area (Å²) in [4.78, 5) is 33.1. The Hall–Kier alpha value is -3.13. The number of pyridine rings is 1. The standard InChI is InChI=1S/C24H31N3O5/c1-4-31-24(29)20-9-10-22(25-16-20)26-11-6-12-27(14-13-26)23(28)18(2)32-17-19-7-5-8-21(15-19)30-3/h5,7-10,15-16,18H,4,6,11-14,17H2,1-3H3. The number of nitrogens with zero attached hydrogens (tertiary/aromatic N) is 3. The summed E-state index contributed by atoms with van der Waals surface area (Å²) >= 11 is 0. The molecule has 2 aromatic rings. The van der Waals surface area contributed by atoms with Crippen LogP contribution in [0, 0.1) is 0 Å². The summed E-state index contributed by atoms with van der Waals surface area (Å²) in [6.45, 7) is 6.96. The Labute approximate surface area is 189 Å². The first kappa shape index (κ1) is 23.5. The number of rotatable bonds is 8. The highest BCUT2D eigenvalue weighted by molar-refractivity contribution is 5.89. The van der Waals surface area contributed by atoms with Crippen LogP contribution in [0.4, 0.5) is 5.82 Å². The molecule has 1 amide bonds. The predicted octanol–water partition coefficient (Wildman–Crippen LogP) is 2.91. The van der Waals surface area contributed by atoms with Gasteiger partial charge in [-0.1, -0.05) is 12.1 Å². The van der Waals surface area contributed by atoms with Gasteiger partial charge in [0.15, 0.2) is 0 Å². The van der Waals surface area contributed by atoms with E-state index >= 15 is 0 Å². The fourth-order valence-electron chi connectivity index (χ4n) is 3.59. The molecule has 172 valence electrons. The average molecular weight is 442 g/mol. The Morgan fingerprint density at radius 3 is 2.69 bits per heavy atom. The maximum atomic E-state index is 12.9. The van der Waals surface area contributed by atoms with Crippen molar-refractivity contribution >= 4 is 17.7 Å². The van der Waals surface area contributed by atoms with Gasteiger partial charge in [-0.3, -0.25) is 4.79 Å². The second-order valence-corrected chi connectivity index (χ2v) is 7.60. The lowest BCUT2D eigenvalue weighted by atomic mass is 10.2. The summed E-state index contributed by atoms with van der Waals surface area (Å²) in [5.41, 5.74) is 1.40. The van der Waals surface area contributed by atoms with Crippen LogP contribution in [-0.2, 0) is 20.9 Å². The normalized spacial score (nSPS) is 15.1. The van der Waals surface area contributed by atoms with Crippen LogP contribution in [0.2, 0.25) is 0 Å². The molecule has 8 heteroatoms. The van der Waals surface area contributed by atoms with Gasteiger partial charge in [0.25, 0.3) is 5.91 Å². The average Bonchev–Trinajstić information content (AvgIpc) is 3.09. The van der Waals surface area contributed by atoms with E-state index in [0.717, 1.165) is 30.1 Å². The molecule has 1 aromatic heterocycles. The third-order valence-corrected chi connectivity index (χ3v) is 5.37. The van der Waals surface area contributed by atoms with Gasteiger partial charge in [0.1, 0.15) is 17.7 Å². The zero-order chi connectivity index (χ0) is 22.9. The van der Waals surface area contributed by atoms with Gasteiger partial charge < -0.3 is 24.0 Å². The van der Waals surface area contributed by atoms with Gasteiger partial charge in [-0.2, -0.15) is 0 Å². The minimum Gasteiger partial charge on any atom is -0.497 e. The number of amides is 1. The summed E-state index contributed by atoms with van der Waals surface area (Å²) in [5, 5.41) is 0. The molecule has 0 spiro atoms. The van der Waals surface area contributed by atoms with Crippen LogP contribution in [0.1, 0.15) is 36.2 Å². The molecule has 0 radical (unpaired) electrons. The molecule has 0 aliphatic carbocycles. The van der Waals surface area contributed by atoms with E-state index < -0.39 is 6.10 Å². The second-order valence-electron chi connectivity index (χ2n) is 7.60. The Morgan fingerprint density at radius 1 is 1.12 bits per heavy atom. The van der Waals surface area contributed by atoms with Gasteiger partial charge in [0.2, 0.25) is 0 Å². The van der Waals surface area contributed by atoms with Crippen LogP contribution in [0.15, 0.2) is 42.6 Å². The van der Waals surface area contributed by atoms with Crippen LogP contribution in [0.3, 0.4) is 0 Å². The minimum absolute atomic E-state index is 0.0136. The molecular weight excluding hydrogens is 410 g/mol. The first-order valence-electron chi connectivity index (χ1n) is 10.9. The number of esters is 1. The van der Waals surface area contributed by atoms with E-state index in [0.29, 0.717) is 38.4 Å². The van der Waals surface area contributed by atoms with Crippen molar-refractivity contribution in [3.8, 4) is 5.75 Å². The zero-order valence-electron chi connectivity index (χ0n) is 19.0. The predicted molar refractivity (Wildman–Crippen MR) is 121 cm³/mol. The van der Waals surface area contributed by atoms with Crippen LogP contribution in [0.5, 0.6) is 5.75 Å². The topological polar surface area (TPSA) is 81.2 Å². The number of carbonyl (C=O) groups is 2. The maximum absolute atomic E-state index is 12.9. The lowest BCUT2D eigenvalue weighted by molar-refractivity contribution is -0.143. The second kappa shape index (κ2) is 11.5. The van der Waals surface area contributed by atoms with Crippen LogP contribution in [0.25, 0.3) is 0 Å². The molecule has 0 N–H and O–H groups in total. The lowest BCUT2D eigenvalue weighted by Crippen LogP contribution is -2.41. The largest absolute Gasteiger partial charge is 0.497 e. The lowest BCUT2D eigenvalue weighted by Gasteiger charge is -2.25. The number of carbonyl (C=O) groups excluding carboxylic acids is 2. The number of methoxy groups -OCH3 is 1. The van der Waals surface area contributed by atoms with E-state index in [-0.39, 0.29) is 11.9 Å². The summed E-state index contributed by atoms with van der Waals surface area (Å²) in [7, 11) is 1.62. The molecule has 0 bridgehead atoms. The molecule has 3 rings (SSSR count). The third kappa shape index (κ3) is 6.20. The zero-order valence-corrected chi connectivity index (χ0v) is 19.0. The van der Waals surface area contributed by atoms with Crippen molar-refractivity contribution in [2.75, 3.05) is 44.8 Å². The minimum atomic E-state index is -0.533. The van der Waals surface area contributed by atoms with Gasteiger partial charge >= 0.3 is 5.97 Å². The van der Waals surface area contributed by atoms with Crippen molar-refractivity contribution in [1.82, 2.24) is 9.88 Å². The van der Waals surface area contributed by atoms with Crippen molar-refractivity contribution in [2.24, 2.45) is 0 Å². The van der Waals surface area contributed by atoms with Crippen molar-refractivity contribution in [2.45, 2.75) is 33.0 Å². The number of anilines is 1. The highest BCUT2D eigenvalue weighted by atomic mass is 16.5. The first-order valence-corrected chi connectivity index (χ1v) is 10.9. The first-order chi connectivity index (χ1) is 15.5. The van der Waals surface area contributed by atoms with Crippen LogP contribution < -0.4 is 9.64 Å². The summed E-state index contributed by atoms with van der Waals surface area (Å²) < 4.78 is 16.1. The van der Waals surface area contributed by atoms with E-state index in [4.69, 9.17) is 14.2 Å². The molecule has 0 saturated carbocycles. The van der Waals surface area contributed by atoms with Crippen molar-refractivity contribution in [1.29, 1.82) is 0 Å². The molecule has 8 nitrogen and oxygen atoms in total. The van der Waals surface area contributed by atoms with Crippen LogP contribution >= 0.6 is 0 Å². The van der Waals surface area contributed by atoms with Crippen molar-refractivity contribution in [3.05, 3.63) is 53.7 Å². The molecule has 1 atom stereocenters. The molecule has 1 aliphatic heterocycles. The Kier molecular flexibility index (Phi) is 8.44. The highest BCUT2D eigenvalue weighted by Gasteiger charge is 2.24. The Balaban J connectivity index is 1.52. The van der Waals surface area contributed by atoms with Gasteiger partial charge in [-0.15, -0.1) is 0 Å². The quantitative estimate of drug-likeness (QED) is 0.583. The van der Waals surface area contributed by atoms with Gasteiger partial charge in [-0.05, 0) is 50.1 Å². The third-order valence-electron chi connectivity index (χ3n) is 5.37. The van der Waals surface area contributed by atoms with Crippen LogP contribution in [-0.4, -0.2) is 67.8 Å². The van der Waals surface area contributed by atoms with Crippen molar-refractivity contribution < 1.29 is 23.8 Å². The van der Waals surface area contributed by atoms with Gasteiger partial charge in [0, 0.05) is 32.4 Å². The molecule has 1 saturated heterocycles.